The zero-order valence-electron chi connectivity index (χ0n) is 11.4. The quantitative estimate of drug-likeness (QED) is 0.350. The van der Waals surface area contributed by atoms with Gasteiger partial charge in [-0.15, -0.1) is 0 Å². The van der Waals surface area contributed by atoms with Gasteiger partial charge < -0.3 is 21.0 Å². The van der Waals surface area contributed by atoms with Crippen molar-refractivity contribution in [2.75, 3.05) is 32.6 Å². The van der Waals surface area contributed by atoms with Gasteiger partial charge in [0.1, 0.15) is 5.82 Å². The molecule has 8 heteroatoms. The van der Waals surface area contributed by atoms with Crippen LogP contribution in [0.1, 0.15) is 10.4 Å². The summed E-state index contributed by atoms with van der Waals surface area (Å²) in [4.78, 5) is 24.5. The van der Waals surface area contributed by atoms with Gasteiger partial charge >= 0.3 is 6.03 Å². The van der Waals surface area contributed by atoms with E-state index in [0.717, 1.165) is 0 Å². The maximum absolute atomic E-state index is 13.4. The van der Waals surface area contributed by atoms with Crippen molar-refractivity contribution in [2.45, 2.75) is 0 Å². The van der Waals surface area contributed by atoms with Crippen LogP contribution in [-0.2, 0) is 0 Å². The number of hydrazine groups is 1. The molecule has 0 heterocycles. The van der Waals surface area contributed by atoms with Gasteiger partial charge in [0.2, 0.25) is 0 Å². The molecule has 20 heavy (non-hydrogen) atoms. The minimum atomic E-state index is -0.610. The molecule has 7 nitrogen and oxygen atoms in total. The Labute approximate surface area is 116 Å². The smallest absolute Gasteiger partial charge is 0.316 e. The van der Waals surface area contributed by atoms with Gasteiger partial charge in [-0.2, -0.15) is 0 Å². The Morgan fingerprint density at radius 2 is 1.90 bits per heavy atom. The van der Waals surface area contributed by atoms with Gasteiger partial charge in [0.25, 0.3) is 5.91 Å². The number of amides is 3. The minimum absolute atomic E-state index is 0.0673. The normalized spacial score (nSPS) is 9.80. The monoisotopic (exact) mass is 283 g/mol. The van der Waals surface area contributed by atoms with E-state index in [2.05, 4.69) is 16.1 Å². The SMILES string of the molecule is CN(C)C(=O)NCCNC(=O)c1cccc(F)c1NN. The van der Waals surface area contributed by atoms with Crippen molar-refractivity contribution in [3.8, 4) is 0 Å². The molecule has 0 fully saturated rings. The van der Waals surface area contributed by atoms with Crippen LogP contribution in [0.25, 0.3) is 0 Å². The number of rotatable bonds is 5. The molecule has 1 aromatic rings. The number of nitrogen functional groups attached to an aromatic ring is 1. The van der Waals surface area contributed by atoms with Crippen LogP contribution in [0, 0.1) is 5.82 Å². The Hall–Kier alpha value is -2.35. The first kappa shape index (κ1) is 15.7. The number of hydrogen-bond acceptors (Lipinski definition) is 4. The van der Waals surface area contributed by atoms with Crippen LogP contribution in [0.15, 0.2) is 18.2 Å². The fraction of sp³-hybridized carbons (Fsp3) is 0.333. The van der Waals surface area contributed by atoms with Crippen LogP contribution in [-0.4, -0.2) is 44.0 Å². The predicted molar refractivity (Wildman–Crippen MR) is 73.6 cm³/mol. The summed E-state index contributed by atoms with van der Waals surface area (Å²) >= 11 is 0. The number of carbonyl (C=O) groups excluding carboxylic acids is 2. The topological polar surface area (TPSA) is 99.5 Å². The van der Waals surface area contributed by atoms with Gasteiger partial charge in [-0.1, -0.05) is 6.07 Å². The van der Waals surface area contributed by atoms with Gasteiger partial charge in [-0.25, -0.2) is 9.18 Å². The highest BCUT2D eigenvalue weighted by Crippen LogP contribution is 2.18. The number of carbonyl (C=O) groups is 2. The molecular formula is C12H18FN5O2. The van der Waals surface area contributed by atoms with Crippen molar-refractivity contribution in [3.05, 3.63) is 29.6 Å². The fourth-order valence-corrected chi connectivity index (χ4v) is 1.46. The second-order valence-electron chi connectivity index (χ2n) is 4.19. The molecule has 0 aliphatic rings. The van der Waals surface area contributed by atoms with Crippen LogP contribution in [0.3, 0.4) is 0 Å². The third-order valence-corrected chi connectivity index (χ3v) is 2.50. The van der Waals surface area contributed by atoms with Gasteiger partial charge in [0.05, 0.1) is 11.3 Å². The van der Waals surface area contributed by atoms with Crippen molar-refractivity contribution in [1.29, 1.82) is 0 Å². The number of halogens is 1. The summed E-state index contributed by atoms with van der Waals surface area (Å²) in [7, 11) is 3.22. The Kier molecular flexibility index (Phi) is 5.73. The van der Waals surface area contributed by atoms with Gasteiger partial charge in [0, 0.05) is 27.2 Å². The summed E-state index contributed by atoms with van der Waals surface area (Å²) < 4.78 is 13.4. The lowest BCUT2D eigenvalue weighted by Crippen LogP contribution is -2.39. The number of anilines is 1. The predicted octanol–water partition coefficient (Wildman–Crippen LogP) is 0.112. The van der Waals surface area contributed by atoms with Gasteiger partial charge in [-0.3, -0.25) is 10.6 Å². The Bertz CT molecular complexity index is 493. The second-order valence-corrected chi connectivity index (χ2v) is 4.19. The van der Waals surface area contributed by atoms with E-state index in [1.54, 1.807) is 14.1 Å². The van der Waals surface area contributed by atoms with E-state index in [-0.39, 0.29) is 30.4 Å². The molecule has 0 spiro atoms. The zero-order valence-corrected chi connectivity index (χ0v) is 11.4. The fourth-order valence-electron chi connectivity index (χ4n) is 1.46. The van der Waals surface area contributed by atoms with E-state index in [9.17, 15) is 14.0 Å². The highest BCUT2D eigenvalue weighted by atomic mass is 19.1. The molecule has 0 aliphatic carbocycles. The van der Waals surface area contributed by atoms with Crippen LogP contribution in [0.4, 0.5) is 14.9 Å². The molecular weight excluding hydrogens is 265 g/mol. The highest BCUT2D eigenvalue weighted by Gasteiger charge is 2.13. The standard InChI is InChI=1S/C12H18FN5O2/c1-18(2)12(20)16-7-6-15-11(19)8-4-3-5-9(13)10(8)17-14/h3-5,17H,6-7,14H2,1-2H3,(H,15,19)(H,16,20). The maximum Gasteiger partial charge on any atom is 0.316 e. The summed E-state index contributed by atoms with van der Waals surface area (Å²) in [5.74, 6) is 4.10. The molecule has 1 aromatic carbocycles. The van der Waals surface area contributed by atoms with E-state index < -0.39 is 11.7 Å². The zero-order chi connectivity index (χ0) is 15.1. The van der Waals surface area contributed by atoms with E-state index in [1.807, 2.05) is 0 Å². The summed E-state index contributed by atoms with van der Waals surface area (Å²) in [6, 6.07) is 3.81. The number of para-hydroxylation sites is 1. The highest BCUT2D eigenvalue weighted by molar-refractivity contribution is 5.99. The van der Waals surface area contributed by atoms with Crippen LogP contribution >= 0.6 is 0 Å². The summed E-state index contributed by atoms with van der Waals surface area (Å²) in [6.45, 7) is 0.488. The summed E-state index contributed by atoms with van der Waals surface area (Å²) in [5.41, 5.74) is 2.19. The molecule has 1 rings (SSSR count). The maximum atomic E-state index is 13.4. The molecule has 0 aliphatic heterocycles. The van der Waals surface area contributed by atoms with Gasteiger partial charge in [-0.05, 0) is 12.1 Å². The molecule has 0 radical (unpaired) electrons. The van der Waals surface area contributed by atoms with Crippen LogP contribution < -0.4 is 21.9 Å². The lowest BCUT2D eigenvalue weighted by atomic mass is 10.1. The van der Waals surface area contributed by atoms with Crippen LogP contribution in [0.2, 0.25) is 0 Å². The van der Waals surface area contributed by atoms with Crippen molar-refractivity contribution < 1.29 is 14.0 Å². The average Bonchev–Trinajstić information content (AvgIpc) is 2.42. The summed E-state index contributed by atoms with van der Waals surface area (Å²) in [5, 5.41) is 5.15. The number of nitrogens with one attached hydrogen (secondary N) is 3. The Morgan fingerprint density at radius 3 is 2.50 bits per heavy atom. The molecule has 0 bridgehead atoms. The first-order valence-corrected chi connectivity index (χ1v) is 5.96. The average molecular weight is 283 g/mol. The Balaban J connectivity index is 2.52. The third kappa shape index (κ3) is 4.09. The van der Waals surface area contributed by atoms with E-state index in [0.29, 0.717) is 0 Å². The number of hydrogen-bond donors (Lipinski definition) is 4. The van der Waals surface area contributed by atoms with E-state index in [1.165, 1.54) is 23.1 Å². The lowest BCUT2D eigenvalue weighted by Gasteiger charge is -2.13. The molecule has 0 saturated carbocycles. The van der Waals surface area contributed by atoms with Crippen molar-refractivity contribution in [3.63, 3.8) is 0 Å². The molecule has 110 valence electrons. The number of urea groups is 1. The minimum Gasteiger partial charge on any atom is -0.350 e. The second kappa shape index (κ2) is 7.29. The Morgan fingerprint density at radius 1 is 1.25 bits per heavy atom. The molecule has 3 amide bonds. The van der Waals surface area contributed by atoms with E-state index >= 15 is 0 Å². The summed E-state index contributed by atoms with van der Waals surface area (Å²) in [6.07, 6.45) is 0. The van der Waals surface area contributed by atoms with E-state index in [4.69, 9.17) is 5.84 Å². The van der Waals surface area contributed by atoms with Crippen molar-refractivity contribution in [1.82, 2.24) is 15.5 Å². The molecule has 0 aromatic heterocycles. The van der Waals surface area contributed by atoms with Crippen molar-refractivity contribution in [2.24, 2.45) is 5.84 Å². The largest absolute Gasteiger partial charge is 0.350 e. The first-order valence-electron chi connectivity index (χ1n) is 5.96. The molecule has 0 unspecified atom stereocenters. The molecule has 5 N–H and O–H groups in total. The number of nitrogens with two attached hydrogens (primary N) is 1. The van der Waals surface area contributed by atoms with Crippen LogP contribution in [0.5, 0.6) is 0 Å². The van der Waals surface area contributed by atoms with Gasteiger partial charge in [0.15, 0.2) is 0 Å². The lowest BCUT2D eigenvalue weighted by molar-refractivity contribution is 0.0954. The molecule has 0 saturated heterocycles. The number of nitrogens with zero attached hydrogens (tertiary/aromatic N) is 1. The first-order chi connectivity index (χ1) is 9.47. The molecule has 0 atom stereocenters. The third-order valence-electron chi connectivity index (χ3n) is 2.50. The van der Waals surface area contributed by atoms with Crippen molar-refractivity contribution >= 4 is 17.6 Å². The number of benzene rings is 1.